The van der Waals surface area contributed by atoms with Gasteiger partial charge < -0.3 is 16.9 Å². The van der Waals surface area contributed by atoms with E-state index in [4.69, 9.17) is 33.1 Å². The van der Waals surface area contributed by atoms with Crippen molar-refractivity contribution >= 4 is 45.6 Å². The van der Waals surface area contributed by atoms with Crippen molar-refractivity contribution < 1.29 is 5.12 Å². The summed E-state index contributed by atoms with van der Waals surface area (Å²) in [6.07, 6.45) is 4.69. The van der Waals surface area contributed by atoms with E-state index in [1.807, 2.05) is 43.3 Å². The standard InChI is InChI=1S/C36H35N11/c1-2-42-34(22-8-4-3-5-9-22)33-31-20-26(44-46-43-25-12-6-10-23(18-25)35(37)38)14-16-29(31)30-17-15-28(21-32(30)33)47(41)45-27-13-7-11-24(19-27)36(39)40/h3-19,21,47H,2,20,41H2,1H3,(H3,37,38)(H3,39,40)(H,43,44). The number of rotatable bonds is 11. The summed E-state index contributed by atoms with van der Waals surface area (Å²) >= 11 is 0. The molecule has 11 heteroatoms. The van der Waals surface area contributed by atoms with Gasteiger partial charge in [-0.25, -0.2) is 0 Å². The Hall–Kier alpha value is -6.17. The molecule has 0 heterocycles. The summed E-state index contributed by atoms with van der Waals surface area (Å²) in [6, 6.07) is 30.5. The van der Waals surface area contributed by atoms with Crippen LogP contribution in [-0.4, -0.2) is 23.9 Å². The molecule has 0 aliphatic heterocycles. The number of benzene rings is 4. The number of amidine groups is 2. The summed E-state index contributed by atoms with van der Waals surface area (Å²) in [5.41, 5.74) is 30.4. The molecule has 4 aromatic carbocycles. The molecule has 0 fully saturated rings. The summed E-state index contributed by atoms with van der Waals surface area (Å²) in [4.78, 5) is 5.01. The fourth-order valence-electron chi connectivity index (χ4n) is 5.66. The van der Waals surface area contributed by atoms with Crippen LogP contribution in [0.4, 0.5) is 17.1 Å². The van der Waals surface area contributed by atoms with Crippen LogP contribution in [0.15, 0.2) is 136 Å². The average Bonchev–Trinajstić information content (AvgIpc) is 3.40. The van der Waals surface area contributed by atoms with E-state index in [1.54, 1.807) is 42.5 Å². The van der Waals surface area contributed by atoms with Crippen molar-refractivity contribution in [3.05, 3.63) is 154 Å². The second kappa shape index (κ2) is 13.4. The van der Waals surface area contributed by atoms with E-state index < -0.39 is 0 Å². The van der Waals surface area contributed by atoms with Gasteiger partial charge in [0, 0.05) is 53.1 Å². The van der Waals surface area contributed by atoms with Crippen LogP contribution in [0.1, 0.15) is 41.2 Å². The van der Waals surface area contributed by atoms with Crippen molar-refractivity contribution in [3.63, 3.8) is 0 Å². The highest BCUT2D eigenvalue weighted by atomic mass is 15.7. The maximum absolute atomic E-state index is 7.77. The number of hydrogen-bond acceptors (Lipinski definition) is 6. The molecule has 234 valence electrons. The van der Waals surface area contributed by atoms with E-state index in [1.165, 1.54) is 0 Å². The first-order chi connectivity index (χ1) is 22.8. The van der Waals surface area contributed by atoms with Crippen LogP contribution in [0.3, 0.4) is 0 Å². The van der Waals surface area contributed by atoms with Crippen LogP contribution in [0.25, 0.3) is 16.6 Å². The van der Waals surface area contributed by atoms with Crippen molar-refractivity contribution in [2.75, 3.05) is 6.54 Å². The number of allylic oxidation sites excluding steroid dienone is 5. The topological polar surface area (TPSA) is 193 Å². The molecule has 0 spiro atoms. The number of nitrogens with one attached hydrogen (secondary N) is 4. The Bertz CT molecular complexity index is 2020. The van der Waals surface area contributed by atoms with Crippen LogP contribution >= 0.6 is 0 Å². The molecule has 10 N–H and O–H groups in total. The fraction of sp³-hybridized carbons (Fsp3) is 0.0833. The molecule has 1 unspecified atom stereocenters. The molecule has 0 saturated heterocycles. The number of nitrogen functional groups attached to an aromatic ring is 3. The fourth-order valence-corrected chi connectivity index (χ4v) is 5.66. The van der Waals surface area contributed by atoms with Crippen LogP contribution in [0.5, 0.6) is 0 Å². The number of fused-ring (bicyclic) bond motifs is 3. The molecular weight excluding hydrogens is 586 g/mol. The van der Waals surface area contributed by atoms with Crippen LogP contribution in [-0.2, 0) is 0 Å². The summed E-state index contributed by atoms with van der Waals surface area (Å²) in [5, 5.41) is 24.3. The monoisotopic (exact) mass is 621 g/mol. The first kappa shape index (κ1) is 30.8. The first-order valence-electron chi connectivity index (χ1n) is 15.1. The second-order valence-corrected chi connectivity index (χ2v) is 11.0. The van der Waals surface area contributed by atoms with E-state index in [-0.39, 0.29) is 11.7 Å². The number of quaternary nitrogens is 1. The van der Waals surface area contributed by atoms with E-state index in [0.717, 1.165) is 50.5 Å². The molecule has 1 atom stereocenters. The second-order valence-electron chi connectivity index (χ2n) is 11.0. The lowest BCUT2D eigenvalue weighted by Crippen LogP contribution is -3.08. The van der Waals surface area contributed by atoms with Crippen molar-refractivity contribution in [2.24, 2.45) is 32.6 Å². The lowest BCUT2D eigenvalue weighted by Gasteiger charge is -2.27. The maximum Gasteiger partial charge on any atom is 0.145 e. The van der Waals surface area contributed by atoms with Gasteiger partial charge in [-0.1, -0.05) is 83.7 Å². The Kier molecular flexibility index (Phi) is 8.82. The molecule has 4 aromatic rings. The molecule has 0 saturated carbocycles. The Morgan fingerprint density at radius 1 is 0.830 bits per heavy atom. The van der Waals surface area contributed by atoms with Gasteiger partial charge in [-0.2, -0.15) is 5.84 Å². The molecule has 2 aliphatic rings. The zero-order valence-electron chi connectivity index (χ0n) is 25.8. The van der Waals surface area contributed by atoms with Gasteiger partial charge in [0.05, 0.1) is 11.4 Å². The van der Waals surface area contributed by atoms with E-state index in [2.05, 4.69) is 51.5 Å². The molecule has 0 amide bonds. The van der Waals surface area contributed by atoms with Gasteiger partial charge in [0.2, 0.25) is 0 Å². The third-order valence-electron chi connectivity index (χ3n) is 7.84. The van der Waals surface area contributed by atoms with Crippen LogP contribution in [0.2, 0.25) is 0 Å². The highest BCUT2D eigenvalue weighted by molar-refractivity contribution is 6.37. The zero-order chi connectivity index (χ0) is 32.9. The first-order valence-corrected chi connectivity index (χ1v) is 15.1. The number of nitrogens with zero attached hydrogens (tertiary/aromatic N) is 4. The minimum Gasteiger partial charge on any atom is -0.462 e. The van der Waals surface area contributed by atoms with Crippen LogP contribution < -0.4 is 27.9 Å². The van der Waals surface area contributed by atoms with Crippen LogP contribution in [0, 0.1) is 10.8 Å². The minimum absolute atomic E-state index is 0.0238. The normalized spacial score (nSPS) is 14.6. The Balaban J connectivity index is 1.35. The predicted molar refractivity (Wildman–Crippen MR) is 188 cm³/mol. The van der Waals surface area contributed by atoms with Gasteiger partial charge >= 0.3 is 0 Å². The molecule has 0 bridgehead atoms. The van der Waals surface area contributed by atoms with Crippen molar-refractivity contribution in [1.82, 2.24) is 5.43 Å². The quantitative estimate of drug-likeness (QED) is 0.0382. The van der Waals surface area contributed by atoms with Crippen molar-refractivity contribution in [1.29, 1.82) is 10.8 Å². The van der Waals surface area contributed by atoms with Gasteiger partial charge in [-0.05, 0) is 53.5 Å². The third-order valence-corrected chi connectivity index (χ3v) is 7.84. The van der Waals surface area contributed by atoms with Gasteiger partial charge in [0.1, 0.15) is 17.4 Å². The SMILES string of the molecule is CCN=C(C1=C2CC(NN=Nc3cccc(C(=N)N)c3)=CC=C2c2ccc([NH+](N)[N-]c3cccc(C(=N)N)c3)cc21)c1ccccc1. The molecular formula is C36H35N11. The largest absolute Gasteiger partial charge is 0.462 e. The molecule has 6 rings (SSSR count). The van der Waals surface area contributed by atoms with E-state index in [9.17, 15) is 0 Å². The van der Waals surface area contributed by atoms with Gasteiger partial charge in [-0.15, -0.1) is 5.11 Å². The van der Waals surface area contributed by atoms with Crippen molar-refractivity contribution in [3.8, 4) is 0 Å². The molecule has 2 aliphatic carbocycles. The number of nitrogens with two attached hydrogens (primary N) is 3. The highest BCUT2D eigenvalue weighted by Gasteiger charge is 2.32. The molecule has 0 aromatic heterocycles. The van der Waals surface area contributed by atoms with E-state index in [0.29, 0.717) is 40.6 Å². The average molecular weight is 622 g/mol. The minimum atomic E-state index is -0.0277. The Morgan fingerprint density at radius 3 is 2.30 bits per heavy atom. The van der Waals surface area contributed by atoms with Gasteiger partial charge in [0.15, 0.2) is 0 Å². The van der Waals surface area contributed by atoms with Gasteiger partial charge in [-0.3, -0.25) is 26.4 Å². The number of aliphatic imine (C=N–C) groups is 1. The highest BCUT2D eigenvalue weighted by Crippen LogP contribution is 2.47. The smallest absolute Gasteiger partial charge is 0.145 e. The van der Waals surface area contributed by atoms with Crippen molar-refractivity contribution in [2.45, 2.75) is 13.3 Å². The lowest BCUT2D eigenvalue weighted by molar-refractivity contribution is -0.801. The molecule has 47 heavy (non-hydrogen) atoms. The Labute approximate surface area is 272 Å². The summed E-state index contributed by atoms with van der Waals surface area (Å²) < 4.78 is 0. The molecule has 0 radical (unpaired) electrons. The molecule has 11 nitrogen and oxygen atoms in total. The lowest BCUT2D eigenvalue weighted by atomic mass is 9.91. The van der Waals surface area contributed by atoms with E-state index >= 15 is 0 Å². The summed E-state index contributed by atoms with van der Waals surface area (Å²) in [7, 11) is 0. The predicted octanol–water partition coefficient (Wildman–Crippen LogP) is 5.50. The van der Waals surface area contributed by atoms with Gasteiger partial charge in [0.25, 0.3) is 0 Å². The maximum atomic E-state index is 7.77. The summed E-state index contributed by atoms with van der Waals surface area (Å²) in [6.45, 7) is 2.64. The number of hydrogen-bond donors (Lipinski definition) is 7. The summed E-state index contributed by atoms with van der Waals surface area (Å²) in [5.74, 6) is 6.53. The Morgan fingerprint density at radius 2 is 1.55 bits per heavy atom. The zero-order valence-corrected chi connectivity index (χ0v) is 25.8. The third kappa shape index (κ3) is 6.61.